The number of hydrogen-bond acceptors (Lipinski definition) is 5. The van der Waals surface area contributed by atoms with Gasteiger partial charge in [0, 0.05) is 11.6 Å². The second-order valence-electron chi connectivity index (χ2n) is 6.64. The standard InChI is InChI=1S/C19H15ClF2N6O2/c20-15-3-1-2-4-17(15)27-12-25-28(18(27)29)9-19(30,8-26-11-23-10-24-26)14-6-5-13(21)7-16(14)22/h1-7,10-12,30H,8-9H2. The summed E-state index contributed by atoms with van der Waals surface area (Å²) in [5.74, 6) is -1.75. The summed E-state index contributed by atoms with van der Waals surface area (Å²) in [6.07, 6.45) is 3.83. The van der Waals surface area contributed by atoms with E-state index in [1.807, 2.05) is 0 Å². The molecular weight excluding hydrogens is 418 g/mol. The predicted molar refractivity (Wildman–Crippen MR) is 103 cm³/mol. The maximum Gasteiger partial charge on any atom is 0.350 e. The molecule has 0 bridgehead atoms. The lowest BCUT2D eigenvalue weighted by Gasteiger charge is -2.28. The molecule has 0 amide bonds. The molecular formula is C19H15ClF2N6O2. The van der Waals surface area contributed by atoms with Gasteiger partial charge in [-0.3, -0.25) is 0 Å². The van der Waals surface area contributed by atoms with Crippen LogP contribution in [-0.4, -0.2) is 34.2 Å². The van der Waals surface area contributed by atoms with Crippen LogP contribution in [-0.2, 0) is 18.7 Å². The molecule has 2 aromatic heterocycles. The van der Waals surface area contributed by atoms with Gasteiger partial charge in [0.15, 0.2) is 0 Å². The molecule has 0 spiro atoms. The van der Waals surface area contributed by atoms with E-state index >= 15 is 0 Å². The molecule has 11 heteroatoms. The van der Waals surface area contributed by atoms with Crippen molar-refractivity contribution >= 4 is 11.6 Å². The smallest absolute Gasteiger partial charge is 0.350 e. The van der Waals surface area contributed by atoms with Gasteiger partial charge in [-0.1, -0.05) is 29.8 Å². The van der Waals surface area contributed by atoms with Gasteiger partial charge in [-0.05, 0) is 18.2 Å². The van der Waals surface area contributed by atoms with Gasteiger partial charge in [0.2, 0.25) is 0 Å². The molecule has 2 aromatic carbocycles. The van der Waals surface area contributed by atoms with Crippen LogP contribution in [0.3, 0.4) is 0 Å². The van der Waals surface area contributed by atoms with Gasteiger partial charge in [0.25, 0.3) is 0 Å². The van der Waals surface area contributed by atoms with Crippen molar-refractivity contribution in [2.75, 3.05) is 0 Å². The van der Waals surface area contributed by atoms with E-state index in [1.165, 1.54) is 28.2 Å². The maximum absolute atomic E-state index is 14.5. The minimum atomic E-state index is -1.98. The molecule has 2 heterocycles. The summed E-state index contributed by atoms with van der Waals surface area (Å²) in [7, 11) is 0. The SMILES string of the molecule is O=c1n(-c2ccccc2Cl)cnn1CC(O)(Cn1cncn1)c1ccc(F)cc1F. The molecule has 8 nitrogen and oxygen atoms in total. The monoisotopic (exact) mass is 432 g/mol. The van der Waals surface area contributed by atoms with Gasteiger partial charge in [-0.15, -0.1) is 0 Å². The minimum absolute atomic E-state index is 0.210. The zero-order valence-corrected chi connectivity index (χ0v) is 16.1. The fraction of sp³-hybridized carbons (Fsp3) is 0.158. The van der Waals surface area contributed by atoms with Crippen LogP contribution in [0.2, 0.25) is 5.02 Å². The average molecular weight is 433 g/mol. The summed E-state index contributed by atoms with van der Waals surface area (Å²) in [6.45, 7) is -0.674. The molecule has 0 aliphatic rings. The highest BCUT2D eigenvalue weighted by molar-refractivity contribution is 6.32. The Kier molecular flexibility index (Phi) is 5.18. The first-order chi connectivity index (χ1) is 14.4. The van der Waals surface area contributed by atoms with Crippen molar-refractivity contribution in [1.82, 2.24) is 29.1 Å². The quantitative estimate of drug-likeness (QED) is 0.504. The molecule has 0 fully saturated rings. The Morgan fingerprint density at radius 3 is 2.57 bits per heavy atom. The van der Waals surface area contributed by atoms with Gasteiger partial charge in [0.1, 0.15) is 36.2 Å². The second-order valence-corrected chi connectivity index (χ2v) is 7.05. The van der Waals surface area contributed by atoms with Crippen molar-refractivity contribution in [3.63, 3.8) is 0 Å². The van der Waals surface area contributed by atoms with Crippen LogP contribution in [0.15, 0.2) is 66.2 Å². The van der Waals surface area contributed by atoms with E-state index in [9.17, 15) is 18.7 Å². The molecule has 154 valence electrons. The highest BCUT2D eigenvalue weighted by Gasteiger charge is 2.35. The Labute approximate surface area is 173 Å². The lowest BCUT2D eigenvalue weighted by atomic mass is 9.93. The number of nitrogens with zero attached hydrogens (tertiary/aromatic N) is 6. The fourth-order valence-corrected chi connectivity index (χ4v) is 3.40. The molecule has 1 unspecified atom stereocenters. The van der Waals surface area contributed by atoms with Crippen molar-refractivity contribution in [3.05, 3.63) is 94.2 Å². The molecule has 30 heavy (non-hydrogen) atoms. The molecule has 0 radical (unpaired) electrons. The summed E-state index contributed by atoms with van der Waals surface area (Å²) in [5.41, 5.74) is -2.38. The van der Waals surface area contributed by atoms with Crippen LogP contribution in [0.25, 0.3) is 5.69 Å². The van der Waals surface area contributed by atoms with Crippen molar-refractivity contribution in [2.45, 2.75) is 18.7 Å². The lowest BCUT2D eigenvalue weighted by Crippen LogP contribution is -2.41. The highest BCUT2D eigenvalue weighted by Crippen LogP contribution is 2.28. The molecule has 4 aromatic rings. The number of aromatic nitrogens is 6. The zero-order valence-electron chi connectivity index (χ0n) is 15.4. The molecule has 1 N–H and O–H groups in total. The Morgan fingerprint density at radius 1 is 1.07 bits per heavy atom. The highest BCUT2D eigenvalue weighted by atomic mass is 35.5. The van der Waals surface area contributed by atoms with Crippen molar-refractivity contribution in [2.24, 2.45) is 0 Å². The summed E-state index contributed by atoms with van der Waals surface area (Å²) < 4.78 is 31.4. The molecule has 0 saturated carbocycles. The van der Waals surface area contributed by atoms with Gasteiger partial charge < -0.3 is 5.11 Å². The number of aliphatic hydroxyl groups is 1. The van der Waals surface area contributed by atoms with Crippen LogP contribution >= 0.6 is 11.6 Å². The largest absolute Gasteiger partial charge is 0.381 e. The van der Waals surface area contributed by atoms with E-state index < -0.39 is 29.5 Å². The zero-order chi connectivity index (χ0) is 21.3. The van der Waals surface area contributed by atoms with Crippen molar-refractivity contribution in [3.8, 4) is 5.69 Å². The summed E-state index contributed by atoms with van der Waals surface area (Å²) in [4.78, 5) is 16.7. The van der Waals surface area contributed by atoms with Crippen molar-refractivity contribution < 1.29 is 13.9 Å². The first kappa shape index (κ1) is 19.9. The van der Waals surface area contributed by atoms with Gasteiger partial charge >= 0.3 is 5.69 Å². The third kappa shape index (κ3) is 3.74. The maximum atomic E-state index is 14.5. The molecule has 0 aliphatic carbocycles. The third-order valence-corrected chi connectivity index (χ3v) is 4.90. The molecule has 0 saturated heterocycles. The van der Waals surface area contributed by atoms with E-state index in [4.69, 9.17) is 11.6 Å². The van der Waals surface area contributed by atoms with E-state index in [2.05, 4.69) is 15.2 Å². The average Bonchev–Trinajstić information content (AvgIpc) is 3.32. The first-order valence-corrected chi connectivity index (χ1v) is 9.15. The van der Waals surface area contributed by atoms with E-state index in [0.29, 0.717) is 16.8 Å². The van der Waals surface area contributed by atoms with Gasteiger partial charge in [-0.2, -0.15) is 10.2 Å². The Morgan fingerprint density at radius 2 is 1.87 bits per heavy atom. The number of rotatable bonds is 6. The molecule has 1 atom stereocenters. The third-order valence-electron chi connectivity index (χ3n) is 4.58. The van der Waals surface area contributed by atoms with Crippen LogP contribution in [0, 0.1) is 11.6 Å². The topological polar surface area (TPSA) is 90.8 Å². The van der Waals surface area contributed by atoms with Crippen LogP contribution in [0.5, 0.6) is 0 Å². The minimum Gasteiger partial charge on any atom is -0.381 e. The van der Waals surface area contributed by atoms with Crippen LogP contribution in [0.4, 0.5) is 8.78 Å². The summed E-state index contributed by atoms with van der Waals surface area (Å²) >= 11 is 6.15. The lowest BCUT2D eigenvalue weighted by molar-refractivity contribution is -0.00948. The van der Waals surface area contributed by atoms with Gasteiger partial charge in [0.05, 0.1) is 23.8 Å². The Balaban J connectivity index is 1.76. The van der Waals surface area contributed by atoms with E-state index in [-0.39, 0.29) is 12.1 Å². The predicted octanol–water partition coefficient (Wildman–Crippen LogP) is 2.15. The van der Waals surface area contributed by atoms with Crippen molar-refractivity contribution in [1.29, 1.82) is 0 Å². The molecule has 0 aliphatic heterocycles. The Bertz CT molecular complexity index is 1240. The number of benzene rings is 2. The van der Waals surface area contributed by atoms with E-state index in [1.54, 1.807) is 24.3 Å². The summed E-state index contributed by atoms with van der Waals surface area (Å²) in [5, 5.41) is 19.6. The second kappa shape index (κ2) is 7.81. The van der Waals surface area contributed by atoms with E-state index in [0.717, 1.165) is 16.8 Å². The number of halogens is 3. The Hall–Kier alpha value is -3.37. The fourth-order valence-electron chi connectivity index (χ4n) is 3.18. The normalized spacial score (nSPS) is 13.3. The number of para-hydroxylation sites is 1. The first-order valence-electron chi connectivity index (χ1n) is 8.77. The number of hydrogen-bond donors (Lipinski definition) is 1. The van der Waals surface area contributed by atoms with Gasteiger partial charge in [-0.25, -0.2) is 32.5 Å². The van der Waals surface area contributed by atoms with Crippen LogP contribution in [0.1, 0.15) is 5.56 Å². The summed E-state index contributed by atoms with van der Waals surface area (Å²) in [6, 6.07) is 9.49. The molecule has 4 rings (SSSR count). The van der Waals surface area contributed by atoms with Crippen LogP contribution < -0.4 is 5.69 Å².